The van der Waals surface area contributed by atoms with Gasteiger partial charge in [-0.2, -0.15) is 0 Å². The summed E-state index contributed by atoms with van der Waals surface area (Å²) in [6, 6.07) is 16.0. The number of hydrogen-bond donors (Lipinski definition) is 1. The molecule has 0 fully saturated rings. The maximum absolute atomic E-state index is 5.93. The summed E-state index contributed by atoms with van der Waals surface area (Å²) in [4.78, 5) is 4.38. The van der Waals surface area contributed by atoms with Crippen molar-refractivity contribution in [2.75, 3.05) is 6.54 Å². The molecule has 0 amide bonds. The van der Waals surface area contributed by atoms with Gasteiger partial charge in [-0.3, -0.25) is 4.40 Å². The predicted octanol–water partition coefficient (Wildman–Crippen LogP) is 2.41. The number of nitrogens with two attached hydrogens (primary N) is 1. The molecule has 20 heavy (non-hydrogen) atoms. The second kappa shape index (κ2) is 5.75. The van der Waals surface area contributed by atoms with Gasteiger partial charge in [0, 0.05) is 18.3 Å². The van der Waals surface area contributed by atoms with Crippen LogP contribution in [-0.4, -0.2) is 15.9 Å². The normalized spacial score (nSPS) is 10.8. The molecule has 0 aliphatic rings. The molecule has 102 valence electrons. The van der Waals surface area contributed by atoms with Crippen LogP contribution in [-0.2, 0) is 13.0 Å². The van der Waals surface area contributed by atoms with Gasteiger partial charge in [-0.1, -0.05) is 36.4 Å². The smallest absolute Gasteiger partial charge is 0.199 e. The highest BCUT2D eigenvalue weighted by molar-refractivity contribution is 5.44. The van der Waals surface area contributed by atoms with E-state index in [9.17, 15) is 0 Å². The van der Waals surface area contributed by atoms with E-state index < -0.39 is 0 Å². The van der Waals surface area contributed by atoms with Crippen LogP contribution in [0, 0.1) is 0 Å². The molecule has 0 atom stereocenters. The molecule has 0 unspecified atom stereocenters. The molecule has 0 aliphatic heterocycles. The number of fused-ring (bicyclic) bond motifs is 1. The first kappa shape index (κ1) is 12.7. The zero-order chi connectivity index (χ0) is 13.8. The number of aromatic nitrogens is 2. The third-order valence-electron chi connectivity index (χ3n) is 3.20. The highest BCUT2D eigenvalue weighted by atomic mass is 16.5. The largest absolute Gasteiger partial charge is 0.474 e. The van der Waals surface area contributed by atoms with E-state index in [0.717, 1.165) is 29.2 Å². The Morgan fingerprint density at radius 3 is 2.70 bits per heavy atom. The summed E-state index contributed by atoms with van der Waals surface area (Å²) in [5.74, 6) is 0.798. The van der Waals surface area contributed by atoms with Crippen molar-refractivity contribution in [2.24, 2.45) is 5.73 Å². The Morgan fingerprint density at radius 1 is 1.05 bits per heavy atom. The lowest BCUT2D eigenvalue weighted by Crippen LogP contribution is -2.07. The zero-order valence-electron chi connectivity index (χ0n) is 11.2. The van der Waals surface area contributed by atoms with Crippen molar-refractivity contribution < 1.29 is 4.74 Å². The molecular weight excluding hydrogens is 250 g/mol. The van der Waals surface area contributed by atoms with Crippen LogP contribution < -0.4 is 10.5 Å². The molecule has 3 rings (SSSR count). The van der Waals surface area contributed by atoms with Crippen molar-refractivity contribution in [2.45, 2.75) is 13.0 Å². The van der Waals surface area contributed by atoms with Crippen LogP contribution in [0.25, 0.3) is 5.65 Å². The summed E-state index contributed by atoms with van der Waals surface area (Å²) < 4.78 is 7.96. The van der Waals surface area contributed by atoms with Crippen LogP contribution in [0.5, 0.6) is 5.88 Å². The average molecular weight is 267 g/mol. The summed E-state index contributed by atoms with van der Waals surface area (Å²) in [5.41, 5.74) is 8.75. The van der Waals surface area contributed by atoms with E-state index in [1.54, 1.807) is 0 Å². The summed E-state index contributed by atoms with van der Waals surface area (Å²) in [6.45, 7) is 1.14. The molecule has 2 N–H and O–H groups in total. The highest BCUT2D eigenvalue weighted by Gasteiger charge is 2.07. The summed E-state index contributed by atoms with van der Waals surface area (Å²) in [6.07, 6.45) is 2.64. The van der Waals surface area contributed by atoms with Crippen molar-refractivity contribution in [1.29, 1.82) is 0 Å². The van der Waals surface area contributed by atoms with Gasteiger partial charge in [0.2, 0.25) is 0 Å². The minimum Gasteiger partial charge on any atom is -0.474 e. The van der Waals surface area contributed by atoms with Crippen LogP contribution in [0.2, 0.25) is 0 Å². The van der Waals surface area contributed by atoms with Gasteiger partial charge in [0.15, 0.2) is 5.88 Å². The van der Waals surface area contributed by atoms with Crippen molar-refractivity contribution in [1.82, 2.24) is 9.38 Å². The van der Waals surface area contributed by atoms with Crippen molar-refractivity contribution in [3.05, 3.63) is 66.0 Å². The quantitative estimate of drug-likeness (QED) is 0.772. The Morgan fingerprint density at radius 2 is 1.90 bits per heavy atom. The van der Waals surface area contributed by atoms with Crippen LogP contribution >= 0.6 is 0 Å². The first-order chi connectivity index (χ1) is 9.88. The molecule has 2 aromatic heterocycles. The van der Waals surface area contributed by atoms with Crippen molar-refractivity contribution >= 4 is 5.65 Å². The van der Waals surface area contributed by atoms with Gasteiger partial charge in [0.05, 0.1) is 0 Å². The first-order valence-corrected chi connectivity index (χ1v) is 6.70. The molecule has 0 aliphatic carbocycles. The molecule has 4 nitrogen and oxygen atoms in total. The van der Waals surface area contributed by atoms with E-state index in [1.807, 2.05) is 47.0 Å². The number of rotatable bonds is 5. The highest BCUT2D eigenvalue weighted by Crippen LogP contribution is 2.18. The Labute approximate surface area is 117 Å². The standard InChI is InChI=1S/C16H17N3O/c17-10-9-14-11-18-15-7-4-8-16(19(14)15)20-12-13-5-2-1-3-6-13/h1-8,11H,9-10,12,17H2. The van der Waals surface area contributed by atoms with Crippen LogP contribution in [0.1, 0.15) is 11.3 Å². The first-order valence-electron chi connectivity index (χ1n) is 6.70. The number of pyridine rings is 1. The zero-order valence-corrected chi connectivity index (χ0v) is 11.2. The Balaban J connectivity index is 1.89. The van der Waals surface area contributed by atoms with E-state index in [1.165, 1.54) is 0 Å². The SMILES string of the molecule is NCCc1cnc2cccc(OCc3ccccc3)n12. The van der Waals surface area contributed by atoms with E-state index in [2.05, 4.69) is 17.1 Å². The molecule has 1 aromatic carbocycles. The van der Waals surface area contributed by atoms with Crippen LogP contribution in [0.4, 0.5) is 0 Å². The van der Waals surface area contributed by atoms with E-state index in [4.69, 9.17) is 10.5 Å². The fourth-order valence-corrected chi connectivity index (χ4v) is 2.23. The molecule has 3 aromatic rings. The maximum Gasteiger partial charge on any atom is 0.199 e. The Kier molecular flexibility index (Phi) is 3.65. The number of ether oxygens (including phenoxy) is 1. The third kappa shape index (κ3) is 2.51. The lowest BCUT2D eigenvalue weighted by molar-refractivity contribution is 0.289. The van der Waals surface area contributed by atoms with Gasteiger partial charge in [-0.25, -0.2) is 4.98 Å². The number of hydrogen-bond acceptors (Lipinski definition) is 3. The molecule has 0 bridgehead atoms. The Hall–Kier alpha value is -2.33. The van der Waals surface area contributed by atoms with Gasteiger partial charge >= 0.3 is 0 Å². The molecule has 4 heteroatoms. The van der Waals surface area contributed by atoms with E-state index in [-0.39, 0.29) is 0 Å². The second-order valence-corrected chi connectivity index (χ2v) is 4.62. The van der Waals surface area contributed by atoms with E-state index >= 15 is 0 Å². The van der Waals surface area contributed by atoms with Gasteiger partial charge in [0.1, 0.15) is 12.3 Å². The molecule has 0 radical (unpaired) electrons. The number of nitrogens with zero attached hydrogens (tertiary/aromatic N) is 2. The number of imidazole rings is 1. The molecule has 0 spiro atoms. The second-order valence-electron chi connectivity index (χ2n) is 4.62. The van der Waals surface area contributed by atoms with Gasteiger partial charge in [-0.15, -0.1) is 0 Å². The van der Waals surface area contributed by atoms with Crippen LogP contribution in [0.3, 0.4) is 0 Å². The molecule has 0 saturated heterocycles. The molecule has 0 saturated carbocycles. The van der Waals surface area contributed by atoms with Gasteiger partial charge < -0.3 is 10.5 Å². The monoisotopic (exact) mass is 267 g/mol. The number of benzene rings is 1. The minimum absolute atomic E-state index is 0.542. The van der Waals surface area contributed by atoms with Crippen molar-refractivity contribution in [3.63, 3.8) is 0 Å². The maximum atomic E-state index is 5.93. The summed E-state index contributed by atoms with van der Waals surface area (Å²) >= 11 is 0. The average Bonchev–Trinajstić information content (AvgIpc) is 2.91. The summed E-state index contributed by atoms with van der Waals surface area (Å²) in [7, 11) is 0. The van der Waals surface area contributed by atoms with Crippen LogP contribution in [0.15, 0.2) is 54.7 Å². The van der Waals surface area contributed by atoms with Gasteiger partial charge in [0.25, 0.3) is 0 Å². The lowest BCUT2D eigenvalue weighted by atomic mass is 10.2. The van der Waals surface area contributed by atoms with Gasteiger partial charge in [-0.05, 0) is 24.2 Å². The fraction of sp³-hybridized carbons (Fsp3) is 0.188. The lowest BCUT2D eigenvalue weighted by Gasteiger charge is -2.10. The molecule has 2 heterocycles. The van der Waals surface area contributed by atoms with Crippen molar-refractivity contribution in [3.8, 4) is 5.88 Å². The fourth-order valence-electron chi connectivity index (χ4n) is 2.23. The van der Waals surface area contributed by atoms with E-state index in [0.29, 0.717) is 13.2 Å². The predicted molar refractivity (Wildman–Crippen MR) is 78.7 cm³/mol. The Bertz CT molecular complexity index is 691. The minimum atomic E-state index is 0.542. The molecular formula is C16H17N3O. The third-order valence-corrected chi connectivity index (χ3v) is 3.20. The summed E-state index contributed by atoms with van der Waals surface area (Å²) in [5, 5.41) is 0. The topological polar surface area (TPSA) is 52.5 Å².